The van der Waals surface area contributed by atoms with Gasteiger partial charge < -0.3 is 9.72 Å². The van der Waals surface area contributed by atoms with Gasteiger partial charge >= 0.3 is 5.97 Å². The Morgan fingerprint density at radius 2 is 2.35 bits per heavy atom. The lowest BCUT2D eigenvalue weighted by Gasteiger charge is -1.99. The number of hydrogen-bond donors (Lipinski definition) is 1. The van der Waals surface area contributed by atoms with E-state index in [1.165, 1.54) is 7.11 Å². The minimum absolute atomic E-state index is 0.311. The molecule has 17 heavy (non-hydrogen) atoms. The van der Waals surface area contributed by atoms with Crippen molar-refractivity contribution in [2.75, 3.05) is 13.7 Å². The highest BCUT2D eigenvalue weighted by molar-refractivity contribution is 5.94. The summed E-state index contributed by atoms with van der Waals surface area (Å²) < 4.78 is 4.72. The van der Waals surface area contributed by atoms with E-state index < -0.39 is 0 Å². The van der Waals surface area contributed by atoms with Gasteiger partial charge in [0, 0.05) is 22.7 Å². The number of esters is 1. The minimum atomic E-state index is -0.311. The van der Waals surface area contributed by atoms with Gasteiger partial charge in [0.05, 0.1) is 12.7 Å². The van der Waals surface area contributed by atoms with Crippen LogP contribution in [0.4, 0.5) is 0 Å². The smallest absolute Gasteiger partial charge is 0.337 e. The highest BCUT2D eigenvalue weighted by atomic mass is 16.5. The number of aromatic amines is 1. The van der Waals surface area contributed by atoms with Crippen molar-refractivity contribution < 1.29 is 9.53 Å². The van der Waals surface area contributed by atoms with Crippen LogP contribution < -0.4 is 10.7 Å². The molecule has 1 aliphatic rings. The van der Waals surface area contributed by atoms with Gasteiger partial charge in [0.1, 0.15) is 5.49 Å². The summed E-state index contributed by atoms with van der Waals surface area (Å²) in [5, 5.41) is 2.13. The first kappa shape index (κ1) is 10.1. The molecule has 0 radical (unpaired) electrons. The van der Waals surface area contributed by atoms with Crippen LogP contribution in [-0.4, -0.2) is 24.6 Å². The second kappa shape index (κ2) is 3.73. The average molecular weight is 228 g/mol. The number of benzene rings is 1. The maximum Gasteiger partial charge on any atom is 0.337 e. The topological polar surface area (TPSA) is 54.5 Å². The van der Waals surface area contributed by atoms with Crippen molar-refractivity contribution in [1.82, 2.24) is 4.98 Å². The van der Waals surface area contributed by atoms with Crippen LogP contribution in [0.15, 0.2) is 23.2 Å². The number of hydrogen-bond acceptors (Lipinski definition) is 3. The molecule has 1 aromatic carbocycles. The Bertz CT molecular complexity index is 713. The van der Waals surface area contributed by atoms with Gasteiger partial charge in [-0.2, -0.15) is 0 Å². The maximum atomic E-state index is 11.5. The van der Waals surface area contributed by atoms with E-state index in [0.29, 0.717) is 5.56 Å². The number of aromatic nitrogens is 1. The van der Waals surface area contributed by atoms with Crippen LogP contribution in [0, 0.1) is 0 Å². The zero-order valence-corrected chi connectivity index (χ0v) is 9.49. The standard InChI is InChI=1S/C13H12N2O2/c1-17-13(16)8-4-5-11-10(7-8)9-3-2-6-14-12(9)15-11/h3-5,7H,2,6H2,1H3,(H,14,15). The van der Waals surface area contributed by atoms with E-state index in [0.717, 1.165) is 34.6 Å². The van der Waals surface area contributed by atoms with E-state index in [4.69, 9.17) is 4.74 Å². The Balaban J connectivity index is 2.33. The van der Waals surface area contributed by atoms with Crippen LogP contribution in [-0.2, 0) is 4.74 Å². The summed E-state index contributed by atoms with van der Waals surface area (Å²) in [4.78, 5) is 19.2. The van der Waals surface area contributed by atoms with Crippen molar-refractivity contribution in [3.63, 3.8) is 0 Å². The number of carbonyl (C=O) groups is 1. The molecule has 0 fully saturated rings. The average Bonchev–Trinajstić information content (AvgIpc) is 2.75. The number of nitrogens with one attached hydrogen (secondary N) is 1. The van der Waals surface area contributed by atoms with Crippen molar-refractivity contribution in [3.05, 3.63) is 34.5 Å². The molecule has 0 saturated heterocycles. The van der Waals surface area contributed by atoms with E-state index in [9.17, 15) is 4.79 Å². The van der Waals surface area contributed by atoms with Gasteiger partial charge in [-0.25, -0.2) is 4.79 Å². The van der Waals surface area contributed by atoms with Crippen molar-refractivity contribution in [1.29, 1.82) is 0 Å². The Morgan fingerprint density at radius 1 is 1.47 bits per heavy atom. The summed E-state index contributed by atoms with van der Waals surface area (Å²) in [6.07, 6.45) is 3.10. The lowest BCUT2D eigenvalue weighted by Crippen LogP contribution is -2.26. The number of ether oxygens (including phenoxy) is 1. The summed E-state index contributed by atoms with van der Waals surface area (Å²) in [6, 6.07) is 5.51. The number of fused-ring (bicyclic) bond motifs is 3. The number of nitrogens with zero attached hydrogens (tertiary/aromatic N) is 1. The number of H-pyrrole nitrogens is 1. The Labute approximate surface area is 97.6 Å². The van der Waals surface area contributed by atoms with Crippen LogP contribution in [0.1, 0.15) is 16.8 Å². The van der Waals surface area contributed by atoms with Gasteiger partial charge in [0.25, 0.3) is 0 Å². The monoisotopic (exact) mass is 228 g/mol. The molecule has 4 heteroatoms. The molecule has 1 N–H and O–H groups in total. The SMILES string of the molecule is COC(=O)c1ccc2[nH]c3c(c2c1)=CCCN=3. The zero-order chi connectivity index (χ0) is 11.8. The fourth-order valence-corrected chi connectivity index (χ4v) is 2.16. The first-order valence-corrected chi connectivity index (χ1v) is 5.54. The molecule has 1 aromatic heterocycles. The highest BCUT2D eigenvalue weighted by Gasteiger charge is 2.09. The molecule has 2 heterocycles. The Kier molecular flexibility index (Phi) is 2.21. The molecule has 0 bridgehead atoms. The molecular formula is C13H12N2O2. The zero-order valence-electron chi connectivity index (χ0n) is 9.49. The van der Waals surface area contributed by atoms with Gasteiger partial charge in [-0.3, -0.25) is 4.99 Å². The predicted octanol–water partition coefficient (Wildman–Crippen LogP) is 0.758. The summed E-state index contributed by atoms with van der Waals surface area (Å²) in [6.45, 7) is 0.823. The van der Waals surface area contributed by atoms with Gasteiger partial charge in [0.2, 0.25) is 0 Å². The molecule has 86 valence electrons. The quantitative estimate of drug-likeness (QED) is 0.732. The Hall–Kier alpha value is -2.10. The minimum Gasteiger partial charge on any atom is -0.465 e. The van der Waals surface area contributed by atoms with Gasteiger partial charge in [0.15, 0.2) is 0 Å². The number of methoxy groups -OCH3 is 1. The second-order valence-electron chi connectivity index (χ2n) is 4.01. The van der Waals surface area contributed by atoms with Crippen molar-refractivity contribution in [3.8, 4) is 0 Å². The third-order valence-corrected chi connectivity index (χ3v) is 2.99. The van der Waals surface area contributed by atoms with E-state index in [1.807, 2.05) is 12.1 Å². The van der Waals surface area contributed by atoms with Crippen LogP contribution in [0.5, 0.6) is 0 Å². The maximum absolute atomic E-state index is 11.5. The molecule has 1 aliphatic heterocycles. The van der Waals surface area contributed by atoms with Gasteiger partial charge in [-0.15, -0.1) is 0 Å². The first-order chi connectivity index (χ1) is 8.29. The summed E-state index contributed by atoms with van der Waals surface area (Å²) >= 11 is 0. The van der Waals surface area contributed by atoms with Crippen molar-refractivity contribution in [2.24, 2.45) is 4.99 Å². The summed E-state index contributed by atoms with van der Waals surface area (Å²) in [5.74, 6) is -0.311. The second-order valence-corrected chi connectivity index (χ2v) is 4.01. The largest absolute Gasteiger partial charge is 0.465 e. The van der Waals surface area contributed by atoms with E-state index in [2.05, 4.69) is 16.1 Å². The third kappa shape index (κ3) is 1.53. The molecule has 0 spiro atoms. The normalized spacial score (nSPS) is 13.7. The number of rotatable bonds is 1. The van der Waals surface area contributed by atoms with Crippen LogP contribution in [0.25, 0.3) is 17.0 Å². The summed E-state index contributed by atoms with van der Waals surface area (Å²) in [7, 11) is 1.39. The lowest BCUT2D eigenvalue weighted by atomic mass is 10.1. The molecule has 0 saturated carbocycles. The Morgan fingerprint density at radius 3 is 3.18 bits per heavy atom. The lowest BCUT2D eigenvalue weighted by molar-refractivity contribution is 0.0601. The molecule has 3 rings (SSSR count). The van der Waals surface area contributed by atoms with Gasteiger partial charge in [-0.05, 0) is 24.6 Å². The van der Waals surface area contributed by atoms with E-state index >= 15 is 0 Å². The molecule has 0 unspecified atom stereocenters. The highest BCUT2D eigenvalue weighted by Crippen LogP contribution is 2.11. The molecule has 0 atom stereocenters. The van der Waals surface area contributed by atoms with E-state index in [-0.39, 0.29) is 5.97 Å². The third-order valence-electron chi connectivity index (χ3n) is 2.99. The predicted molar refractivity (Wildman–Crippen MR) is 64.4 cm³/mol. The molecule has 4 nitrogen and oxygen atoms in total. The van der Waals surface area contributed by atoms with Crippen LogP contribution in [0.2, 0.25) is 0 Å². The van der Waals surface area contributed by atoms with Crippen molar-refractivity contribution in [2.45, 2.75) is 6.42 Å². The molecule has 0 amide bonds. The molecule has 2 aromatic rings. The van der Waals surface area contributed by atoms with Crippen LogP contribution in [0.3, 0.4) is 0 Å². The number of carbonyl (C=O) groups excluding carboxylic acids is 1. The fourth-order valence-electron chi connectivity index (χ4n) is 2.16. The van der Waals surface area contributed by atoms with E-state index in [1.54, 1.807) is 6.07 Å². The van der Waals surface area contributed by atoms with Crippen molar-refractivity contribution >= 4 is 22.9 Å². The van der Waals surface area contributed by atoms with Gasteiger partial charge in [-0.1, -0.05) is 6.08 Å². The fraction of sp³-hybridized carbons (Fsp3) is 0.231. The summed E-state index contributed by atoms with van der Waals surface area (Å²) in [5.41, 5.74) is 2.48. The molecular weight excluding hydrogens is 216 g/mol. The molecule has 0 aliphatic carbocycles. The first-order valence-electron chi connectivity index (χ1n) is 5.54. The van der Waals surface area contributed by atoms with Crippen LogP contribution >= 0.6 is 0 Å².